The molecule has 32 heavy (non-hydrogen) atoms. The van der Waals surface area contributed by atoms with Gasteiger partial charge in [0.1, 0.15) is 5.75 Å². The van der Waals surface area contributed by atoms with Crippen LogP contribution in [0.1, 0.15) is 19.8 Å². The van der Waals surface area contributed by atoms with Gasteiger partial charge < -0.3 is 19.6 Å². The van der Waals surface area contributed by atoms with E-state index in [1.165, 1.54) is 6.92 Å². The monoisotopic (exact) mass is 441 g/mol. The first-order valence-electron chi connectivity index (χ1n) is 10.9. The Bertz CT molecular complexity index is 927. The SMILES string of the molecule is CC(=O)OC(CN1C(=O)C2CC=CCC2C1=O)C(=O)N1CCN(c2ccccc2O)CC1. The maximum atomic E-state index is 13.2. The van der Waals surface area contributed by atoms with E-state index in [-0.39, 0.29) is 24.1 Å². The van der Waals surface area contributed by atoms with E-state index in [4.69, 9.17) is 4.74 Å². The van der Waals surface area contributed by atoms with Crippen molar-refractivity contribution >= 4 is 29.4 Å². The Morgan fingerprint density at radius 2 is 1.62 bits per heavy atom. The number of esters is 1. The number of likely N-dealkylation sites (tertiary alicyclic amines) is 1. The molecule has 2 aliphatic heterocycles. The van der Waals surface area contributed by atoms with Gasteiger partial charge in [0.15, 0.2) is 6.10 Å². The third kappa shape index (κ3) is 4.19. The summed E-state index contributed by atoms with van der Waals surface area (Å²) in [5.41, 5.74) is 0.695. The molecule has 9 heteroatoms. The molecule has 1 N–H and O–H groups in total. The summed E-state index contributed by atoms with van der Waals surface area (Å²) in [4.78, 5) is 55.1. The lowest BCUT2D eigenvalue weighted by atomic mass is 9.85. The van der Waals surface area contributed by atoms with Gasteiger partial charge in [-0.3, -0.25) is 24.1 Å². The number of fused-ring (bicyclic) bond motifs is 1. The van der Waals surface area contributed by atoms with Crippen LogP contribution in [0.15, 0.2) is 36.4 Å². The van der Waals surface area contributed by atoms with Crippen LogP contribution < -0.4 is 4.90 Å². The first-order chi connectivity index (χ1) is 15.4. The molecule has 2 heterocycles. The van der Waals surface area contributed by atoms with E-state index < -0.39 is 29.8 Å². The molecule has 3 atom stereocenters. The summed E-state index contributed by atoms with van der Waals surface area (Å²) in [6.45, 7) is 2.65. The van der Waals surface area contributed by atoms with Crippen LogP contribution in [-0.4, -0.2) is 77.4 Å². The van der Waals surface area contributed by atoms with Crippen LogP contribution in [0, 0.1) is 11.8 Å². The van der Waals surface area contributed by atoms with Gasteiger partial charge in [-0.25, -0.2) is 0 Å². The molecule has 2 saturated heterocycles. The first-order valence-corrected chi connectivity index (χ1v) is 10.9. The summed E-state index contributed by atoms with van der Waals surface area (Å²) in [6.07, 6.45) is 3.58. The van der Waals surface area contributed by atoms with Crippen molar-refractivity contribution in [3.8, 4) is 5.75 Å². The molecule has 3 aliphatic rings. The number of para-hydroxylation sites is 2. The Balaban J connectivity index is 1.43. The minimum atomic E-state index is -1.23. The number of nitrogens with zero attached hydrogens (tertiary/aromatic N) is 3. The number of carbonyl (C=O) groups excluding carboxylic acids is 4. The van der Waals surface area contributed by atoms with Gasteiger partial charge in [-0.1, -0.05) is 24.3 Å². The Morgan fingerprint density at radius 1 is 1.03 bits per heavy atom. The Hall–Kier alpha value is -3.36. The average molecular weight is 441 g/mol. The summed E-state index contributed by atoms with van der Waals surface area (Å²) in [7, 11) is 0. The van der Waals surface area contributed by atoms with Gasteiger partial charge >= 0.3 is 5.97 Å². The molecular weight excluding hydrogens is 414 g/mol. The molecule has 9 nitrogen and oxygen atoms in total. The molecule has 0 radical (unpaired) electrons. The smallest absolute Gasteiger partial charge is 0.303 e. The van der Waals surface area contributed by atoms with Crippen LogP contribution in [-0.2, 0) is 23.9 Å². The van der Waals surface area contributed by atoms with Crippen LogP contribution in [0.4, 0.5) is 5.69 Å². The molecule has 0 saturated carbocycles. The van der Waals surface area contributed by atoms with Gasteiger partial charge in [0.05, 0.1) is 24.1 Å². The Kier molecular flexibility index (Phi) is 6.16. The van der Waals surface area contributed by atoms with Gasteiger partial charge in [0, 0.05) is 33.1 Å². The maximum Gasteiger partial charge on any atom is 0.303 e. The van der Waals surface area contributed by atoms with Gasteiger partial charge in [-0.2, -0.15) is 0 Å². The number of amides is 3. The van der Waals surface area contributed by atoms with Gasteiger partial charge in [-0.05, 0) is 25.0 Å². The number of piperazine rings is 1. The molecule has 3 unspecified atom stereocenters. The predicted octanol–water partition coefficient (Wildman–Crippen LogP) is 0.924. The molecule has 1 aromatic rings. The molecule has 1 aromatic carbocycles. The summed E-state index contributed by atoms with van der Waals surface area (Å²) in [6, 6.07) is 7.00. The van der Waals surface area contributed by atoms with Crippen LogP contribution in [0.25, 0.3) is 0 Å². The summed E-state index contributed by atoms with van der Waals surface area (Å²) in [5.74, 6) is -2.31. The molecule has 0 spiro atoms. The van der Waals surface area contributed by atoms with E-state index in [1.807, 2.05) is 29.2 Å². The number of hydrogen-bond acceptors (Lipinski definition) is 7. The zero-order valence-corrected chi connectivity index (χ0v) is 18.0. The van der Waals surface area contributed by atoms with Crippen LogP contribution in [0.5, 0.6) is 5.75 Å². The van der Waals surface area contributed by atoms with E-state index in [2.05, 4.69) is 0 Å². The van der Waals surface area contributed by atoms with Gasteiger partial charge in [0.2, 0.25) is 11.8 Å². The molecular formula is C23H27N3O6. The summed E-state index contributed by atoms with van der Waals surface area (Å²) < 4.78 is 5.26. The fraction of sp³-hybridized carbons (Fsp3) is 0.478. The number of phenolic OH excluding ortho intramolecular Hbond substituents is 1. The second-order valence-electron chi connectivity index (χ2n) is 8.34. The minimum Gasteiger partial charge on any atom is -0.506 e. The molecule has 0 bridgehead atoms. The highest BCUT2D eigenvalue weighted by atomic mass is 16.5. The number of aromatic hydroxyl groups is 1. The second kappa shape index (κ2) is 9.02. The first kappa shape index (κ1) is 21.9. The molecule has 170 valence electrons. The number of ether oxygens (including phenoxy) is 1. The van der Waals surface area contributed by atoms with E-state index in [9.17, 15) is 24.3 Å². The molecule has 1 aliphatic carbocycles. The van der Waals surface area contributed by atoms with Crippen molar-refractivity contribution in [3.63, 3.8) is 0 Å². The molecule has 4 rings (SSSR count). The van der Waals surface area contributed by atoms with Gasteiger partial charge in [0.25, 0.3) is 5.91 Å². The van der Waals surface area contributed by atoms with Crippen molar-refractivity contribution in [2.75, 3.05) is 37.6 Å². The number of benzene rings is 1. The highest BCUT2D eigenvalue weighted by molar-refractivity contribution is 6.06. The van der Waals surface area contributed by atoms with E-state index in [0.29, 0.717) is 44.7 Å². The lowest BCUT2D eigenvalue weighted by Gasteiger charge is -2.37. The van der Waals surface area contributed by atoms with Crippen molar-refractivity contribution in [2.45, 2.75) is 25.9 Å². The van der Waals surface area contributed by atoms with Crippen LogP contribution in [0.3, 0.4) is 0 Å². The second-order valence-corrected chi connectivity index (χ2v) is 8.34. The number of hydrogen-bond donors (Lipinski definition) is 1. The Labute approximate surface area is 186 Å². The topological polar surface area (TPSA) is 107 Å². The molecule has 0 aromatic heterocycles. The Morgan fingerprint density at radius 3 is 2.19 bits per heavy atom. The van der Waals surface area contributed by atoms with E-state index in [1.54, 1.807) is 17.0 Å². The number of imide groups is 1. The summed E-state index contributed by atoms with van der Waals surface area (Å²) in [5, 5.41) is 10.1. The lowest BCUT2D eigenvalue weighted by Crippen LogP contribution is -2.54. The molecule has 2 fully saturated rings. The number of anilines is 1. The number of phenols is 1. The van der Waals surface area contributed by atoms with E-state index in [0.717, 1.165) is 4.90 Å². The van der Waals surface area contributed by atoms with Crippen molar-refractivity contribution < 1.29 is 29.0 Å². The highest BCUT2D eigenvalue weighted by Crippen LogP contribution is 2.35. The quantitative estimate of drug-likeness (QED) is 0.411. The normalized spacial score (nSPS) is 23.8. The van der Waals surface area contributed by atoms with Crippen LogP contribution >= 0.6 is 0 Å². The zero-order chi connectivity index (χ0) is 22.8. The average Bonchev–Trinajstić information content (AvgIpc) is 3.03. The van der Waals surface area contributed by atoms with Crippen molar-refractivity contribution in [3.05, 3.63) is 36.4 Å². The van der Waals surface area contributed by atoms with Crippen molar-refractivity contribution in [1.82, 2.24) is 9.80 Å². The van der Waals surface area contributed by atoms with Crippen molar-refractivity contribution in [2.24, 2.45) is 11.8 Å². The third-order valence-corrected chi connectivity index (χ3v) is 6.34. The lowest BCUT2D eigenvalue weighted by molar-refractivity contribution is -0.162. The fourth-order valence-corrected chi connectivity index (χ4v) is 4.68. The van der Waals surface area contributed by atoms with Gasteiger partial charge in [-0.15, -0.1) is 0 Å². The van der Waals surface area contributed by atoms with E-state index >= 15 is 0 Å². The zero-order valence-electron chi connectivity index (χ0n) is 18.0. The molecule has 3 amide bonds. The number of rotatable bonds is 5. The fourth-order valence-electron chi connectivity index (χ4n) is 4.68. The summed E-state index contributed by atoms with van der Waals surface area (Å²) >= 11 is 0. The highest BCUT2D eigenvalue weighted by Gasteiger charge is 2.48. The van der Waals surface area contributed by atoms with Crippen LogP contribution in [0.2, 0.25) is 0 Å². The largest absolute Gasteiger partial charge is 0.506 e. The third-order valence-electron chi connectivity index (χ3n) is 6.34. The number of allylic oxidation sites excluding steroid dienone is 2. The maximum absolute atomic E-state index is 13.2. The standard InChI is InChI=1S/C23H27N3O6/c1-15(27)32-20(14-26-21(29)16-6-2-3-7-17(16)22(26)30)23(31)25-12-10-24(11-13-25)18-8-4-5-9-19(18)28/h2-5,8-9,16-17,20,28H,6-7,10-14H2,1H3. The number of carbonyl (C=O) groups is 4. The minimum absolute atomic E-state index is 0.173. The predicted molar refractivity (Wildman–Crippen MR) is 115 cm³/mol. The van der Waals surface area contributed by atoms with Crippen molar-refractivity contribution in [1.29, 1.82) is 0 Å².